The molecule has 112 valence electrons. The Labute approximate surface area is 135 Å². The topological polar surface area (TPSA) is 17.8 Å². The van der Waals surface area contributed by atoms with Gasteiger partial charge in [0, 0.05) is 29.8 Å². The zero-order valence-electron chi connectivity index (χ0n) is 11.6. The highest BCUT2D eigenvalue weighted by Crippen LogP contribution is 2.16. The summed E-state index contributed by atoms with van der Waals surface area (Å²) < 4.78 is 29.2. The number of halogens is 3. The largest absolute Gasteiger partial charge is 0.330 e. The maximum absolute atomic E-state index is 13.3. The van der Waals surface area contributed by atoms with Crippen molar-refractivity contribution >= 4 is 15.9 Å². The summed E-state index contributed by atoms with van der Waals surface area (Å²) in [5.74, 6) is -0.780. The molecule has 1 heterocycles. The third-order valence-electron chi connectivity index (χ3n) is 3.39. The van der Waals surface area contributed by atoms with E-state index in [0.717, 1.165) is 21.9 Å². The predicted molar refractivity (Wildman–Crippen MR) is 84.6 cm³/mol. The summed E-state index contributed by atoms with van der Waals surface area (Å²) in [7, 11) is 0. The highest BCUT2D eigenvalue weighted by molar-refractivity contribution is 9.10. The van der Waals surface area contributed by atoms with Crippen molar-refractivity contribution in [1.82, 2.24) is 9.55 Å². The highest BCUT2D eigenvalue weighted by Gasteiger charge is 2.07. The van der Waals surface area contributed by atoms with Crippen LogP contribution < -0.4 is 0 Å². The number of aromatic nitrogens is 2. The normalized spacial score (nSPS) is 10.9. The molecule has 0 amide bonds. The van der Waals surface area contributed by atoms with E-state index in [9.17, 15) is 8.78 Å². The summed E-state index contributed by atoms with van der Waals surface area (Å²) in [5.41, 5.74) is 1.83. The van der Waals surface area contributed by atoms with Gasteiger partial charge < -0.3 is 4.57 Å². The molecule has 0 saturated heterocycles. The maximum Gasteiger partial charge on any atom is 0.159 e. The molecule has 2 nitrogen and oxygen atoms in total. The maximum atomic E-state index is 13.3. The summed E-state index contributed by atoms with van der Waals surface area (Å²) in [4.78, 5) is 4.36. The Morgan fingerprint density at radius 1 is 1.00 bits per heavy atom. The molecule has 0 aliphatic heterocycles. The van der Waals surface area contributed by atoms with Crippen LogP contribution in [0.3, 0.4) is 0 Å². The van der Waals surface area contributed by atoms with Gasteiger partial charge in [-0.1, -0.05) is 34.1 Å². The van der Waals surface area contributed by atoms with Crippen molar-refractivity contribution in [3.8, 4) is 0 Å². The number of imidazole rings is 1. The van der Waals surface area contributed by atoms with E-state index in [1.54, 1.807) is 12.3 Å². The lowest BCUT2D eigenvalue weighted by Gasteiger charge is -2.09. The molecule has 0 bridgehead atoms. The van der Waals surface area contributed by atoms with Crippen LogP contribution in [-0.2, 0) is 13.0 Å². The van der Waals surface area contributed by atoms with Crippen LogP contribution in [0.25, 0.3) is 0 Å². The zero-order valence-corrected chi connectivity index (χ0v) is 13.2. The quantitative estimate of drug-likeness (QED) is 0.664. The van der Waals surface area contributed by atoms with Crippen molar-refractivity contribution in [2.75, 3.05) is 0 Å². The van der Waals surface area contributed by atoms with Crippen LogP contribution in [-0.4, -0.2) is 9.55 Å². The van der Waals surface area contributed by atoms with Crippen LogP contribution in [0.1, 0.15) is 17.0 Å². The fourth-order valence-electron chi connectivity index (χ4n) is 2.32. The number of rotatable bonds is 4. The van der Waals surface area contributed by atoms with E-state index < -0.39 is 11.6 Å². The molecule has 0 radical (unpaired) electrons. The van der Waals surface area contributed by atoms with E-state index in [2.05, 4.69) is 20.9 Å². The first-order chi connectivity index (χ1) is 10.6. The van der Waals surface area contributed by atoms with Crippen LogP contribution in [0.2, 0.25) is 0 Å². The second kappa shape index (κ2) is 6.40. The predicted octanol–water partition coefficient (Wildman–Crippen LogP) is 4.56. The van der Waals surface area contributed by atoms with Gasteiger partial charge in [-0.25, -0.2) is 13.8 Å². The first kappa shape index (κ1) is 14.9. The molecule has 0 unspecified atom stereocenters. The minimum Gasteiger partial charge on any atom is -0.330 e. The Morgan fingerprint density at radius 3 is 2.64 bits per heavy atom. The van der Waals surface area contributed by atoms with Crippen molar-refractivity contribution in [3.63, 3.8) is 0 Å². The van der Waals surface area contributed by atoms with E-state index in [-0.39, 0.29) is 0 Å². The van der Waals surface area contributed by atoms with Gasteiger partial charge in [0.15, 0.2) is 11.6 Å². The van der Waals surface area contributed by atoms with Crippen LogP contribution in [0, 0.1) is 11.6 Å². The SMILES string of the molecule is Fc1ccc(Cn2ccnc2Cc2cccc(Br)c2)cc1F. The first-order valence-corrected chi connectivity index (χ1v) is 7.59. The van der Waals surface area contributed by atoms with Gasteiger partial charge in [-0.3, -0.25) is 0 Å². The minimum absolute atomic E-state index is 0.459. The lowest BCUT2D eigenvalue weighted by atomic mass is 10.1. The van der Waals surface area contributed by atoms with Crippen LogP contribution >= 0.6 is 15.9 Å². The van der Waals surface area contributed by atoms with E-state index >= 15 is 0 Å². The summed E-state index contributed by atoms with van der Waals surface area (Å²) in [5, 5.41) is 0. The third kappa shape index (κ3) is 3.42. The molecular weight excluding hydrogens is 350 g/mol. The standard InChI is InChI=1S/C17H13BrF2N2/c18-14-3-1-2-12(8-14)10-17-21-6-7-22(17)11-13-4-5-15(19)16(20)9-13/h1-9H,10-11H2. The average molecular weight is 363 g/mol. The molecule has 3 aromatic rings. The number of benzene rings is 2. The lowest BCUT2D eigenvalue weighted by Crippen LogP contribution is -2.05. The van der Waals surface area contributed by atoms with Gasteiger partial charge in [-0.2, -0.15) is 0 Å². The molecule has 0 aliphatic carbocycles. The van der Waals surface area contributed by atoms with Crippen molar-refractivity contribution < 1.29 is 8.78 Å². The van der Waals surface area contributed by atoms with Crippen molar-refractivity contribution in [1.29, 1.82) is 0 Å². The molecule has 0 aliphatic rings. The van der Waals surface area contributed by atoms with Crippen LogP contribution in [0.15, 0.2) is 59.3 Å². The Bertz CT molecular complexity index is 799. The number of hydrogen-bond donors (Lipinski definition) is 0. The van der Waals surface area contributed by atoms with Gasteiger partial charge in [0.2, 0.25) is 0 Å². The zero-order chi connectivity index (χ0) is 15.5. The molecule has 3 rings (SSSR count). The smallest absolute Gasteiger partial charge is 0.159 e. The molecule has 1 aromatic heterocycles. The first-order valence-electron chi connectivity index (χ1n) is 6.80. The second-order valence-electron chi connectivity index (χ2n) is 5.03. The molecule has 22 heavy (non-hydrogen) atoms. The van der Waals surface area contributed by atoms with Gasteiger partial charge in [-0.15, -0.1) is 0 Å². The van der Waals surface area contributed by atoms with Crippen LogP contribution in [0.5, 0.6) is 0 Å². The second-order valence-corrected chi connectivity index (χ2v) is 5.94. The van der Waals surface area contributed by atoms with Crippen molar-refractivity contribution in [2.45, 2.75) is 13.0 Å². The van der Waals surface area contributed by atoms with Gasteiger partial charge in [0.25, 0.3) is 0 Å². The number of hydrogen-bond acceptors (Lipinski definition) is 1. The summed E-state index contributed by atoms with van der Waals surface area (Å²) in [6.07, 6.45) is 4.23. The molecule has 0 N–H and O–H groups in total. The average Bonchev–Trinajstić information content (AvgIpc) is 2.90. The fraction of sp³-hybridized carbons (Fsp3) is 0.118. The Balaban J connectivity index is 1.81. The molecular formula is C17H13BrF2N2. The van der Waals surface area contributed by atoms with Gasteiger partial charge in [0.05, 0.1) is 0 Å². The Hall–Kier alpha value is -2.01. The molecule has 5 heteroatoms. The number of nitrogens with zero attached hydrogens (tertiary/aromatic N) is 2. The van der Waals surface area contributed by atoms with E-state index in [1.165, 1.54) is 6.07 Å². The van der Waals surface area contributed by atoms with Gasteiger partial charge in [-0.05, 0) is 35.4 Å². The van der Waals surface area contributed by atoms with Crippen LogP contribution in [0.4, 0.5) is 8.78 Å². The third-order valence-corrected chi connectivity index (χ3v) is 3.88. The van der Waals surface area contributed by atoms with E-state index in [4.69, 9.17) is 0 Å². The van der Waals surface area contributed by atoms with Crippen molar-refractivity contribution in [3.05, 3.63) is 87.9 Å². The fourth-order valence-corrected chi connectivity index (χ4v) is 2.76. The summed E-state index contributed by atoms with van der Waals surface area (Å²) >= 11 is 3.45. The molecule has 2 aromatic carbocycles. The summed E-state index contributed by atoms with van der Waals surface area (Å²) in [6.45, 7) is 0.459. The molecule has 0 spiro atoms. The van der Waals surface area contributed by atoms with Crippen molar-refractivity contribution in [2.24, 2.45) is 0 Å². The van der Waals surface area contributed by atoms with Gasteiger partial charge in [0.1, 0.15) is 5.82 Å². The molecule has 0 fully saturated rings. The Kier molecular flexibility index (Phi) is 4.34. The molecule has 0 saturated carbocycles. The molecule has 0 atom stereocenters. The highest BCUT2D eigenvalue weighted by atomic mass is 79.9. The van der Waals surface area contributed by atoms with E-state index in [1.807, 2.05) is 35.0 Å². The lowest BCUT2D eigenvalue weighted by molar-refractivity contribution is 0.506. The summed E-state index contributed by atoms with van der Waals surface area (Å²) in [6, 6.07) is 12.0. The Morgan fingerprint density at radius 2 is 1.86 bits per heavy atom. The monoisotopic (exact) mass is 362 g/mol. The van der Waals surface area contributed by atoms with Gasteiger partial charge >= 0.3 is 0 Å². The minimum atomic E-state index is -0.830. The van der Waals surface area contributed by atoms with E-state index in [0.29, 0.717) is 18.5 Å².